The second-order valence-electron chi connectivity index (χ2n) is 14.3. The Morgan fingerprint density at radius 2 is 0.827 bits per heavy atom. The third-order valence-corrected chi connectivity index (χ3v) is 11.9. The zero-order valence-corrected chi connectivity index (χ0v) is 28.2. The van der Waals surface area contributed by atoms with Crippen LogP contribution in [0.2, 0.25) is 0 Å². The Balaban J connectivity index is 1.16. The van der Waals surface area contributed by atoms with E-state index in [2.05, 4.69) is 176 Å². The highest BCUT2D eigenvalue weighted by atomic mass is 16.5. The molecule has 1 spiro atoms. The first-order valence-electron chi connectivity index (χ1n) is 18.1. The normalized spacial score (nSPS) is 15.5. The van der Waals surface area contributed by atoms with Crippen molar-refractivity contribution in [2.45, 2.75) is 5.41 Å². The van der Waals surface area contributed by atoms with Crippen LogP contribution in [0.15, 0.2) is 182 Å². The third kappa shape index (κ3) is 3.43. The molecule has 0 amide bonds. The molecule has 0 aromatic heterocycles. The summed E-state index contributed by atoms with van der Waals surface area (Å²) in [6.45, 7) is 0. The summed E-state index contributed by atoms with van der Waals surface area (Å²) in [6, 6.07) is 67.3. The van der Waals surface area contributed by atoms with Gasteiger partial charge in [-0.2, -0.15) is 0 Å². The smallest absolute Gasteiger partial charge is 0.135 e. The van der Waals surface area contributed by atoms with Gasteiger partial charge in [-0.05, 0) is 101 Å². The fraction of sp³-hybridized carbons (Fsp3) is 0.0196. The van der Waals surface area contributed by atoms with Gasteiger partial charge < -0.3 is 4.74 Å². The molecule has 240 valence electrons. The molecular weight excluding hydrogens is 629 g/mol. The van der Waals surface area contributed by atoms with Crippen molar-refractivity contribution in [2.75, 3.05) is 0 Å². The minimum Gasteiger partial charge on any atom is -0.456 e. The molecule has 0 bridgehead atoms. The number of rotatable bonds is 2. The van der Waals surface area contributed by atoms with Crippen LogP contribution in [0.3, 0.4) is 0 Å². The summed E-state index contributed by atoms with van der Waals surface area (Å²) in [5, 5.41) is 5.00. The minimum atomic E-state index is -0.452. The predicted molar refractivity (Wildman–Crippen MR) is 214 cm³/mol. The molecule has 52 heavy (non-hydrogen) atoms. The van der Waals surface area contributed by atoms with Crippen LogP contribution in [0.4, 0.5) is 0 Å². The van der Waals surface area contributed by atoms with Gasteiger partial charge in [-0.15, -0.1) is 0 Å². The van der Waals surface area contributed by atoms with Gasteiger partial charge in [0.2, 0.25) is 0 Å². The van der Waals surface area contributed by atoms with E-state index in [-0.39, 0.29) is 0 Å². The molecule has 2 aliphatic carbocycles. The Morgan fingerprint density at radius 3 is 1.65 bits per heavy atom. The molecule has 12 rings (SSSR count). The Morgan fingerprint density at radius 1 is 0.288 bits per heavy atom. The van der Waals surface area contributed by atoms with E-state index in [1.54, 1.807) is 0 Å². The summed E-state index contributed by atoms with van der Waals surface area (Å²) in [5.74, 6) is 1.82. The highest BCUT2D eigenvalue weighted by Crippen LogP contribution is 2.63. The topological polar surface area (TPSA) is 9.23 Å². The van der Waals surface area contributed by atoms with E-state index < -0.39 is 5.41 Å². The summed E-state index contributed by atoms with van der Waals surface area (Å²) >= 11 is 0. The molecule has 1 atom stereocenters. The molecule has 9 aromatic carbocycles. The molecule has 0 fully saturated rings. The van der Waals surface area contributed by atoms with E-state index in [0.717, 1.165) is 17.1 Å². The largest absolute Gasteiger partial charge is 0.456 e. The van der Waals surface area contributed by atoms with Crippen molar-refractivity contribution in [3.63, 3.8) is 0 Å². The molecule has 0 N–H and O–H groups in total. The van der Waals surface area contributed by atoms with Crippen LogP contribution in [-0.4, -0.2) is 0 Å². The number of benzene rings is 9. The lowest BCUT2D eigenvalue weighted by molar-refractivity contribution is 0.487. The molecule has 0 saturated carbocycles. The van der Waals surface area contributed by atoms with E-state index in [1.807, 2.05) is 6.07 Å². The molecule has 0 radical (unpaired) electrons. The van der Waals surface area contributed by atoms with Crippen LogP contribution in [0.5, 0.6) is 11.5 Å². The van der Waals surface area contributed by atoms with E-state index in [1.165, 1.54) is 93.9 Å². The third-order valence-electron chi connectivity index (χ3n) is 11.9. The van der Waals surface area contributed by atoms with Gasteiger partial charge in [-0.1, -0.05) is 170 Å². The van der Waals surface area contributed by atoms with Crippen molar-refractivity contribution in [3.05, 3.63) is 204 Å². The maximum Gasteiger partial charge on any atom is 0.135 e. The van der Waals surface area contributed by atoms with E-state index >= 15 is 0 Å². The van der Waals surface area contributed by atoms with Gasteiger partial charge in [0, 0.05) is 10.9 Å². The van der Waals surface area contributed by atoms with Crippen molar-refractivity contribution in [2.24, 2.45) is 0 Å². The first-order chi connectivity index (χ1) is 25.8. The lowest BCUT2D eigenvalue weighted by Crippen LogP contribution is -2.31. The highest BCUT2D eigenvalue weighted by molar-refractivity contribution is 6.13. The van der Waals surface area contributed by atoms with Crippen molar-refractivity contribution in [3.8, 4) is 67.1 Å². The van der Waals surface area contributed by atoms with Crippen LogP contribution >= 0.6 is 0 Å². The average Bonchev–Trinajstić information content (AvgIpc) is 3.51. The Hall–Kier alpha value is -6.70. The van der Waals surface area contributed by atoms with Crippen molar-refractivity contribution < 1.29 is 4.74 Å². The summed E-state index contributed by atoms with van der Waals surface area (Å²) < 4.78 is 6.50. The molecule has 9 aromatic rings. The van der Waals surface area contributed by atoms with Gasteiger partial charge in [-0.25, -0.2) is 0 Å². The van der Waals surface area contributed by atoms with E-state index in [4.69, 9.17) is 4.74 Å². The Labute approximate surface area is 302 Å². The van der Waals surface area contributed by atoms with Crippen molar-refractivity contribution in [1.82, 2.24) is 0 Å². The number of para-hydroxylation sites is 1. The maximum absolute atomic E-state index is 6.50. The van der Waals surface area contributed by atoms with E-state index in [9.17, 15) is 0 Å². The summed E-state index contributed by atoms with van der Waals surface area (Å²) in [6.07, 6.45) is 0. The molecule has 1 aliphatic heterocycles. The quantitative estimate of drug-likeness (QED) is 0.180. The lowest BCUT2D eigenvalue weighted by atomic mass is 9.61. The minimum absolute atomic E-state index is 0.452. The standard InChI is InChI=1S/C51H30O/c1-2-16-33(32(15-1)34-29-30-47-50-38(34)21-11-22-40(50)36-18-5-8-28-46(36)52-47)37-23-12-27-45-49(37)41-19-4-7-25-43(41)51(45)42-24-6-3-17-35(42)39-20-9-13-31-14-10-26-44(51)48(31)39/h1-30H. The van der Waals surface area contributed by atoms with Crippen LogP contribution in [0.1, 0.15) is 22.3 Å². The summed E-state index contributed by atoms with van der Waals surface area (Å²) in [4.78, 5) is 0. The number of fused-ring (bicyclic) bond motifs is 11. The monoisotopic (exact) mass is 658 g/mol. The Bertz CT molecular complexity index is 3000. The second-order valence-corrected chi connectivity index (χ2v) is 14.3. The first-order valence-corrected chi connectivity index (χ1v) is 18.1. The average molecular weight is 659 g/mol. The zero-order chi connectivity index (χ0) is 34.0. The number of ether oxygens (including phenoxy) is 1. The fourth-order valence-electron chi connectivity index (χ4n) is 9.97. The zero-order valence-electron chi connectivity index (χ0n) is 28.2. The molecule has 1 nitrogen and oxygen atoms in total. The molecule has 1 heteroatoms. The van der Waals surface area contributed by atoms with Crippen molar-refractivity contribution in [1.29, 1.82) is 0 Å². The van der Waals surface area contributed by atoms with Gasteiger partial charge >= 0.3 is 0 Å². The van der Waals surface area contributed by atoms with Crippen LogP contribution in [0.25, 0.3) is 77.2 Å². The van der Waals surface area contributed by atoms with Crippen LogP contribution < -0.4 is 4.74 Å². The summed E-state index contributed by atoms with van der Waals surface area (Å²) in [7, 11) is 0. The molecular formula is C51H30O. The molecule has 3 aliphatic rings. The number of hydrogen-bond acceptors (Lipinski definition) is 1. The van der Waals surface area contributed by atoms with Gasteiger partial charge in [-0.3, -0.25) is 0 Å². The van der Waals surface area contributed by atoms with Gasteiger partial charge in [0.15, 0.2) is 0 Å². The second kappa shape index (κ2) is 10.2. The lowest BCUT2D eigenvalue weighted by Gasteiger charge is -2.40. The molecule has 0 saturated heterocycles. The first kappa shape index (κ1) is 28.0. The van der Waals surface area contributed by atoms with Crippen LogP contribution in [0, 0.1) is 0 Å². The maximum atomic E-state index is 6.50. The highest BCUT2D eigenvalue weighted by Gasteiger charge is 2.50. The van der Waals surface area contributed by atoms with Crippen LogP contribution in [-0.2, 0) is 5.41 Å². The van der Waals surface area contributed by atoms with Crippen molar-refractivity contribution >= 4 is 21.5 Å². The fourth-order valence-corrected chi connectivity index (χ4v) is 9.97. The SMILES string of the molecule is c1ccc2c(c1)Oc1ccc(-c3ccccc3-c3cccc4c3-c3ccccc3C43c4ccccc4-c4cccc5cccc3c45)c3cccc-2c13. The molecule has 1 heterocycles. The number of hydrogen-bond donors (Lipinski definition) is 0. The Kier molecular flexibility index (Phi) is 5.49. The predicted octanol–water partition coefficient (Wildman–Crippen LogP) is 13.4. The van der Waals surface area contributed by atoms with Gasteiger partial charge in [0.25, 0.3) is 0 Å². The molecule has 1 unspecified atom stereocenters. The van der Waals surface area contributed by atoms with E-state index in [0.29, 0.717) is 0 Å². The summed E-state index contributed by atoms with van der Waals surface area (Å²) in [5.41, 5.74) is 17.5. The van der Waals surface area contributed by atoms with Gasteiger partial charge in [0.05, 0.1) is 5.41 Å². The van der Waals surface area contributed by atoms with Gasteiger partial charge in [0.1, 0.15) is 11.5 Å².